The molecule has 1 aliphatic rings. The molecule has 0 N–H and O–H groups in total. The first-order valence-corrected chi connectivity index (χ1v) is 6.79. The van der Waals surface area contributed by atoms with Gasteiger partial charge in [0.25, 0.3) is 0 Å². The summed E-state index contributed by atoms with van der Waals surface area (Å²) in [5.74, 6) is 0.927. The largest absolute Gasteiger partial charge is 0.348 e. The van der Waals surface area contributed by atoms with E-state index in [4.69, 9.17) is 0 Å². The Labute approximate surface area is 116 Å². The molecule has 0 radical (unpaired) electrons. The maximum absolute atomic E-state index is 4.50. The number of aromatic nitrogens is 5. The molecule has 4 rings (SSSR count). The highest BCUT2D eigenvalue weighted by molar-refractivity contribution is 5.47. The molecule has 0 saturated carbocycles. The molecule has 1 aromatic carbocycles. The predicted molar refractivity (Wildman–Crippen MR) is 74.3 cm³/mol. The SMILES string of the molecule is c1ccc(C2CCCN2c2ccc3nnnn3n2)cc1. The minimum absolute atomic E-state index is 0.387. The summed E-state index contributed by atoms with van der Waals surface area (Å²) in [6.07, 6.45) is 2.33. The summed E-state index contributed by atoms with van der Waals surface area (Å²) in [4.78, 5) is 2.33. The number of tetrazole rings is 1. The highest BCUT2D eigenvalue weighted by Gasteiger charge is 2.27. The van der Waals surface area contributed by atoms with Gasteiger partial charge in [0.15, 0.2) is 11.5 Å². The molecule has 1 aliphatic heterocycles. The van der Waals surface area contributed by atoms with E-state index in [0.29, 0.717) is 11.7 Å². The van der Waals surface area contributed by atoms with E-state index < -0.39 is 0 Å². The monoisotopic (exact) mass is 266 g/mol. The van der Waals surface area contributed by atoms with E-state index in [1.165, 1.54) is 16.6 Å². The van der Waals surface area contributed by atoms with Gasteiger partial charge in [0.05, 0.1) is 6.04 Å². The quantitative estimate of drug-likeness (QED) is 0.708. The van der Waals surface area contributed by atoms with Crippen LogP contribution in [0.25, 0.3) is 5.65 Å². The van der Waals surface area contributed by atoms with Gasteiger partial charge in [-0.15, -0.1) is 14.8 Å². The molecule has 1 fully saturated rings. The molecule has 1 unspecified atom stereocenters. The lowest BCUT2D eigenvalue weighted by Crippen LogP contribution is -2.24. The Bertz CT molecular complexity index is 723. The summed E-state index contributed by atoms with van der Waals surface area (Å²) < 4.78 is 1.48. The molecule has 3 heterocycles. The van der Waals surface area contributed by atoms with E-state index in [0.717, 1.165) is 18.8 Å². The van der Waals surface area contributed by atoms with Crippen molar-refractivity contribution in [2.45, 2.75) is 18.9 Å². The molecule has 20 heavy (non-hydrogen) atoms. The summed E-state index contributed by atoms with van der Waals surface area (Å²) in [6, 6.07) is 14.9. The van der Waals surface area contributed by atoms with Crippen LogP contribution in [0.15, 0.2) is 42.5 Å². The zero-order chi connectivity index (χ0) is 13.4. The predicted octanol–water partition coefficient (Wildman–Crippen LogP) is 1.86. The first kappa shape index (κ1) is 11.3. The van der Waals surface area contributed by atoms with Crippen molar-refractivity contribution in [1.82, 2.24) is 25.3 Å². The number of nitrogens with zero attached hydrogens (tertiary/aromatic N) is 6. The van der Waals surface area contributed by atoms with Gasteiger partial charge in [-0.3, -0.25) is 0 Å². The van der Waals surface area contributed by atoms with E-state index in [-0.39, 0.29) is 0 Å². The Morgan fingerprint density at radius 3 is 2.85 bits per heavy atom. The van der Waals surface area contributed by atoms with Crippen molar-refractivity contribution in [2.24, 2.45) is 0 Å². The third kappa shape index (κ3) is 1.80. The molecule has 100 valence electrons. The Balaban J connectivity index is 1.72. The van der Waals surface area contributed by atoms with Crippen LogP contribution < -0.4 is 4.90 Å². The number of hydrogen-bond acceptors (Lipinski definition) is 5. The average Bonchev–Trinajstić information content (AvgIpc) is 3.16. The van der Waals surface area contributed by atoms with Crippen molar-refractivity contribution >= 4 is 11.5 Å². The molecule has 2 aromatic heterocycles. The van der Waals surface area contributed by atoms with Crippen molar-refractivity contribution in [3.8, 4) is 0 Å². The van der Waals surface area contributed by atoms with Gasteiger partial charge in [-0.1, -0.05) is 30.3 Å². The van der Waals surface area contributed by atoms with E-state index in [9.17, 15) is 0 Å². The number of benzene rings is 1. The van der Waals surface area contributed by atoms with E-state index in [2.05, 4.69) is 49.8 Å². The highest BCUT2D eigenvalue weighted by atomic mass is 15.6. The summed E-state index contributed by atoms with van der Waals surface area (Å²) in [6.45, 7) is 1.01. The van der Waals surface area contributed by atoms with Crippen LogP contribution in [0.4, 0.5) is 5.82 Å². The Hall–Kier alpha value is -2.50. The third-order valence-corrected chi connectivity index (χ3v) is 3.79. The smallest absolute Gasteiger partial charge is 0.200 e. The van der Waals surface area contributed by atoms with Gasteiger partial charge >= 0.3 is 0 Å². The van der Waals surface area contributed by atoms with Crippen LogP contribution in [0.3, 0.4) is 0 Å². The van der Waals surface area contributed by atoms with Crippen molar-refractivity contribution in [3.05, 3.63) is 48.0 Å². The lowest BCUT2D eigenvalue weighted by Gasteiger charge is -2.25. The average molecular weight is 266 g/mol. The molecule has 0 amide bonds. The van der Waals surface area contributed by atoms with E-state index in [1.54, 1.807) is 0 Å². The third-order valence-electron chi connectivity index (χ3n) is 3.79. The van der Waals surface area contributed by atoms with Gasteiger partial charge in [-0.05, 0) is 41.0 Å². The van der Waals surface area contributed by atoms with E-state index in [1.807, 2.05) is 18.2 Å². The maximum Gasteiger partial charge on any atom is 0.200 e. The van der Waals surface area contributed by atoms with Crippen LogP contribution >= 0.6 is 0 Å². The zero-order valence-electron chi connectivity index (χ0n) is 10.9. The summed E-state index contributed by atoms with van der Waals surface area (Å²) in [5, 5.41) is 15.9. The fourth-order valence-corrected chi connectivity index (χ4v) is 2.86. The fourth-order valence-electron chi connectivity index (χ4n) is 2.86. The second-order valence-corrected chi connectivity index (χ2v) is 4.98. The molecular formula is C14H14N6. The van der Waals surface area contributed by atoms with Gasteiger partial charge in [0.1, 0.15) is 0 Å². The van der Waals surface area contributed by atoms with Crippen LogP contribution in [0.2, 0.25) is 0 Å². The lowest BCUT2D eigenvalue weighted by molar-refractivity contribution is 0.679. The molecule has 1 atom stereocenters. The Morgan fingerprint density at radius 2 is 1.95 bits per heavy atom. The van der Waals surface area contributed by atoms with Gasteiger partial charge in [-0.25, -0.2) is 0 Å². The fraction of sp³-hybridized carbons (Fsp3) is 0.286. The molecule has 1 saturated heterocycles. The summed E-state index contributed by atoms with van der Waals surface area (Å²) >= 11 is 0. The number of fused-ring (bicyclic) bond motifs is 1. The van der Waals surface area contributed by atoms with Crippen molar-refractivity contribution in [3.63, 3.8) is 0 Å². The Morgan fingerprint density at radius 1 is 1.05 bits per heavy atom. The van der Waals surface area contributed by atoms with Crippen LogP contribution in [0, 0.1) is 0 Å². The van der Waals surface area contributed by atoms with Crippen LogP contribution in [-0.2, 0) is 0 Å². The molecule has 0 bridgehead atoms. The van der Waals surface area contributed by atoms with Gasteiger partial charge in [-0.2, -0.15) is 0 Å². The maximum atomic E-state index is 4.50. The lowest BCUT2D eigenvalue weighted by atomic mass is 10.0. The normalized spacial score (nSPS) is 18.8. The topological polar surface area (TPSA) is 59.2 Å². The highest BCUT2D eigenvalue weighted by Crippen LogP contribution is 2.34. The number of anilines is 1. The van der Waals surface area contributed by atoms with Gasteiger partial charge < -0.3 is 4.90 Å². The second kappa shape index (κ2) is 4.56. The minimum Gasteiger partial charge on any atom is -0.348 e. The zero-order valence-corrected chi connectivity index (χ0v) is 10.9. The van der Waals surface area contributed by atoms with Crippen molar-refractivity contribution in [2.75, 3.05) is 11.4 Å². The number of rotatable bonds is 2. The van der Waals surface area contributed by atoms with Crippen molar-refractivity contribution < 1.29 is 0 Å². The minimum atomic E-state index is 0.387. The summed E-state index contributed by atoms with van der Waals surface area (Å²) in [5.41, 5.74) is 2.01. The Kier molecular flexibility index (Phi) is 2.58. The van der Waals surface area contributed by atoms with Gasteiger partial charge in [0, 0.05) is 6.54 Å². The summed E-state index contributed by atoms with van der Waals surface area (Å²) in [7, 11) is 0. The molecule has 0 spiro atoms. The first-order chi connectivity index (χ1) is 9.92. The first-order valence-electron chi connectivity index (χ1n) is 6.79. The standard InChI is InChI=1S/C14H14N6/c1-2-5-11(6-3-1)12-7-4-10-19(12)14-9-8-13-15-17-18-20(13)16-14/h1-3,5-6,8-9,12H,4,7,10H2. The van der Waals surface area contributed by atoms with Crippen LogP contribution in [-0.4, -0.2) is 31.8 Å². The molecular weight excluding hydrogens is 252 g/mol. The molecule has 0 aliphatic carbocycles. The van der Waals surface area contributed by atoms with E-state index >= 15 is 0 Å². The molecule has 6 heteroatoms. The second-order valence-electron chi connectivity index (χ2n) is 4.98. The van der Waals surface area contributed by atoms with Crippen molar-refractivity contribution in [1.29, 1.82) is 0 Å². The van der Waals surface area contributed by atoms with Crippen LogP contribution in [0.5, 0.6) is 0 Å². The molecule has 3 aromatic rings. The van der Waals surface area contributed by atoms with Crippen LogP contribution in [0.1, 0.15) is 24.4 Å². The van der Waals surface area contributed by atoms with Gasteiger partial charge in [0.2, 0.25) is 0 Å². The molecule has 6 nitrogen and oxygen atoms in total. The number of hydrogen-bond donors (Lipinski definition) is 0.